The number of rotatable bonds is 6. The molecule has 0 aliphatic heterocycles. The van der Waals surface area contributed by atoms with Crippen molar-refractivity contribution in [3.8, 4) is 0 Å². The van der Waals surface area contributed by atoms with E-state index >= 15 is 0 Å². The zero-order chi connectivity index (χ0) is 15.6. The van der Waals surface area contributed by atoms with Crippen LogP contribution in [-0.2, 0) is 6.54 Å². The van der Waals surface area contributed by atoms with E-state index in [4.69, 9.17) is 11.6 Å². The molecule has 2 rings (SSSR count). The van der Waals surface area contributed by atoms with Crippen molar-refractivity contribution in [3.05, 3.63) is 34.9 Å². The van der Waals surface area contributed by atoms with Crippen molar-refractivity contribution in [3.63, 3.8) is 0 Å². The van der Waals surface area contributed by atoms with Gasteiger partial charge in [0.25, 0.3) is 0 Å². The standard InChI is InChI=1S/C16H25ClN4/c1-6-11(3)20-9-8-14(19-20)10-21-13(5)16(12(4)18-21)15(17)7-2/h8-9,11,15H,6-7,10H2,1-5H3. The second-order valence-corrected chi connectivity index (χ2v) is 6.19. The molecule has 2 heterocycles. The van der Waals surface area contributed by atoms with Gasteiger partial charge in [0.2, 0.25) is 0 Å². The van der Waals surface area contributed by atoms with E-state index in [1.165, 1.54) is 5.56 Å². The minimum Gasteiger partial charge on any atom is -0.270 e. The van der Waals surface area contributed by atoms with E-state index in [1.807, 2.05) is 22.5 Å². The second kappa shape index (κ2) is 6.65. The molecule has 0 saturated heterocycles. The molecule has 0 amide bonds. The molecule has 0 radical (unpaired) electrons. The van der Waals surface area contributed by atoms with Gasteiger partial charge in [0.05, 0.1) is 23.3 Å². The molecule has 4 nitrogen and oxygen atoms in total. The Balaban J connectivity index is 2.22. The molecule has 0 aromatic carbocycles. The van der Waals surface area contributed by atoms with E-state index in [-0.39, 0.29) is 5.38 Å². The molecule has 0 fully saturated rings. The third-order valence-corrected chi connectivity index (χ3v) is 4.65. The quantitative estimate of drug-likeness (QED) is 0.741. The highest BCUT2D eigenvalue weighted by atomic mass is 35.5. The van der Waals surface area contributed by atoms with E-state index in [0.29, 0.717) is 12.6 Å². The normalized spacial score (nSPS) is 14.4. The number of hydrogen-bond donors (Lipinski definition) is 0. The molecule has 0 saturated carbocycles. The smallest absolute Gasteiger partial charge is 0.0853 e. The lowest BCUT2D eigenvalue weighted by Gasteiger charge is -2.09. The van der Waals surface area contributed by atoms with Crippen LogP contribution >= 0.6 is 11.6 Å². The predicted molar refractivity (Wildman–Crippen MR) is 86.9 cm³/mol. The highest BCUT2D eigenvalue weighted by molar-refractivity contribution is 6.20. The van der Waals surface area contributed by atoms with Crippen LogP contribution in [0.4, 0.5) is 0 Å². The van der Waals surface area contributed by atoms with Crippen LogP contribution in [0, 0.1) is 13.8 Å². The lowest BCUT2D eigenvalue weighted by molar-refractivity contribution is 0.470. The third kappa shape index (κ3) is 3.31. The van der Waals surface area contributed by atoms with Crippen LogP contribution in [-0.4, -0.2) is 19.6 Å². The topological polar surface area (TPSA) is 35.6 Å². The first-order valence-corrected chi connectivity index (χ1v) is 8.13. The Kier molecular flexibility index (Phi) is 5.09. The minimum atomic E-state index is 0.0384. The number of aromatic nitrogens is 4. The number of hydrogen-bond acceptors (Lipinski definition) is 2. The zero-order valence-electron chi connectivity index (χ0n) is 13.6. The van der Waals surface area contributed by atoms with E-state index in [2.05, 4.69) is 44.0 Å². The summed E-state index contributed by atoms with van der Waals surface area (Å²) < 4.78 is 4.04. The molecule has 2 atom stereocenters. The Hall–Kier alpha value is -1.29. The van der Waals surface area contributed by atoms with Crippen LogP contribution in [0.25, 0.3) is 0 Å². The van der Waals surface area contributed by atoms with Gasteiger partial charge in [-0.1, -0.05) is 13.8 Å². The minimum absolute atomic E-state index is 0.0384. The van der Waals surface area contributed by atoms with Gasteiger partial charge >= 0.3 is 0 Å². The molecule has 21 heavy (non-hydrogen) atoms. The highest BCUT2D eigenvalue weighted by Crippen LogP contribution is 2.29. The van der Waals surface area contributed by atoms with Gasteiger partial charge in [-0.2, -0.15) is 10.2 Å². The highest BCUT2D eigenvalue weighted by Gasteiger charge is 2.18. The average Bonchev–Trinajstić information content (AvgIpc) is 3.03. The fourth-order valence-corrected chi connectivity index (χ4v) is 2.89. The number of halogens is 1. The summed E-state index contributed by atoms with van der Waals surface area (Å²) in [6.07, 6.45) is 4.04. The number of nitrogens with zero attached hydrogens (tertiary/aromatic N) is 4. The summed E-state index contributed by atoms with van der Waals surface area (Å²) in [6.45, 7) is 11.3. The Morgan fingerprint density at radius 2 is 1.90 bits per heavy atom. The van der Waals surface area contributed by atoms with Gasteiger partial charge in [-0.15, -0.1) is 11.6 Å². The van der Waals surface area contributed by atoms with Gasteiger partial charge in [0, 0.05) is 23.5 Å². The molecule has 0 bridgehead atoms. The first-order valence-electron chi connectivity index (χ1n) is 7.69. The molecular formula is C16H25ClN4. The van der Waals surface area contributed by atoms with Gasteiger partial charge in [-0.3, -0.25) is 9.36 Å². The van der Waals surface area contributed by atoms with Crippen LogP contribution in [0.5, 0.6) is 0 Å². The Morgan fingerprint density at radius 1 is 1.19 bits per heavy atom. The zero-order valence-corrected chi connectivity index (χ0v) is 14.4. The first-order chi connectivity index (χ1) is 9.97. The van der Waals surface area contributed by atoms with Gasteiger partial charge in [-0.25, -0.2) is 0 Å². The van der Waals surface area contributed by atoms with Crippen LogP contribution < -0.4 is 0 Å². The van der Waals surface area contributed by atoms with E-state index < -0.39 is 0 Å². The van der Waals surface area contributed by atoms with Crippen molar-refractivity contribution in [1.29, 1.82) is 0 Å². The Bertz CT molecular complexity index is 599. The van der Waals surface area contributed by atoms with Gasteiger partial charge < -0.3 is 0 Å². The summed E-state index contributed by atoms with van der Waals surface area (Å²) in [6, 6.07) is 2.50. The maximum Gasteiger partial charge on any atom is 0.0853 e. The van der Waals surface area contributed by atoms with Crippen molar-refractivity contribution in [2.45, 2.75) is 65.4 Å². The van der Waals surface area contributed by atoms with Crippen LogP contribution in [0.3, 0.4) is 0 Å². The van der Waals surface area contributed by atoms with Crippen molar-refractivity contribution in [2.24, 2.45) is 0 Å². The molecule has 0 aliphatic carbocycles. The fraction of sp³-hybridized carbons (Fsp3) is 0.625. The fourth-order valence-electron chi connectivity index (χ4n) is 2.57. The predicted octanol–water partition coefficient (Wildman–Crippen LogP) is 4.41. The van der Waals surface area contributed by atoms with Crippen molar-refractivity contribution in [1.82, 2.24) is 19.6 Å². The van der Waals surface area contributed by atoms with Crippen LogP contribution in [0.1, 0.15) is 67.7 Å². The summed E-state index contributed by atoms with van der Waals surface area (Å²) in [4.78, 5) is 0. The molecule has 116 valence electrons. The molecule has 0 spiro atoms. The molecule has 2 unspecified atom stereocenters. The van der Waals surface area contributed by atoms with Gasteiger partial charge in [0.1, 0.15) is 0 Å². The summed E-state index contributed by atoms with van der Waals surface area (Å²) in [5.41, 5.74) is 4.37. The molecule has 0 N–H and O–H groups in total. The molecule has 2 aromatic heterocycles. The maximum absolute atomic E-state index is 6.41. The number of aryl methyl sites for hydroxylation is 1. The lowest BCUT2D eigenvalue weighted by atomic mass is 10.1. The third-order valence-electron chi connectivity index (χ3n) is 4.13. The van der Waals surface area contributed by atoms with Crippen molar-refractivity contribution >= 4 is 11.6 Å². The van der Waals surface area contributed by atoms with Crippen LogP contribution in [0.2, 0.25) is 0 Å². The van der Waals surface area contributed by atoms with E-state index in [1.54, 1.807) is 0 Å². The summed E-state index contributed by atoms with van der Waals surface area (Å²) in [5.74, 6) is 0. The SMILES string of the molecule is CCC(Cl)c1c(C)nn(Cc2ccn(C(C)CC)n2)c1C. The maximum atomic E-state index is 6.41. The number of alkyl halides is 1. The Labute approximate surface area is 132 Å². The monoisotopic (exact) mass is 308 g/mol. The average molecular weight is 309 g/mol. The van der Waals surface area contributed by atoms with Crippen molar-refractivity contribution < 1.29 is 0 Å². The second-order valence-electron chi connectivity index (χ2n) is 5.66. The molecular weight excluding hydrogens is 284 g/mol. The lowest BCUT2D eigenvalue weighted by Crippen LogP contribution is -2.08. The van der Waals surface area contributed by atoms with Crippen molar-refractivity contribution in [2.75, 3.05) is 0 Å². The van der Waals surface area contributed by atoms with E-state index in [9.17, 15) is 0 Å². The first kappa shape index (κ1) is 16.1. The Morgan fingerprint density at radius 3 is 2.52 bits per heavy atom. The van der Waals surface area contributed by atoms with E-state index in [0.717, 1.165) is 29.9 Å². The molecule has 5 heteroatoms. The molecule has 0 aliphatic rings. The summed E-state index contributed by atoms with van der Waals surface area (Å²) in [5, 5.41) is 9.31. The molecule has 2 aromatic rings. The van der Waals surface area contributed by atoms with Gasteiger partial charge in [-0.05, 0) is 39.7 Å². The van der Waals surface area contributed by atoms with Gasteiger partial charge in [0.15, 0.2) is 0 Å². The van der Waals surface area contributed by atoms with Crippen LogP contribution in [0.15, 0.2) is 12.3 Å². The summed E-state index contributed by atoms with van der Waals surface area (Å²) in [7, 11) is 0. The largest absolute Gasteiger partial charge is 0.270 e. The summed E-state index contributed by atoms with van der Waals surface area (Å²) >= 11 is 6.41.